The summed E-state index contributed by atoms with van der Waals surface area (Å²) in [4.78, 5) is 0. The molecular weight excluding hydrogens is 581 g/mol. The predicted octanol–water partition coefficient (Wildman–Crippen LogP) is 12.4. The fourth-order valence-corrected chi connectivity index (χ4v) is 9.69. The van der Waals surface area contributed by atoms with E-state index in [1.807, 2.05) is 6.07 Å². The Labute approximate surface area is 277 Å². The minimum Gasteiger partial charge on any atom is -0.456 e. The van der Waals surface area contributed by atoms with Crippen molar-refractivity contribution >= 4 is 32.7 Å². The second-order valence-electron chi connectivity index (χ2n) is 13.5. The number of rotatable bonds is 1. The minimum absolute atomic E-state index is 0.472. The van der Waals surface area contributed by atoms with Gasteiger partial charge in [-0.15, -0.1) is 0 Å². The van der Waals surface area contributed by atoms with E-state index in [0.29, 0.717) is 0 Å². The van der Waals surface area contributed by atoms with Crippen molar-refractivity contribution in [2.75, 3.05) is 0 Å². The molecule has 9 aromatic rings. The van der Waals surface area contributed by atoms with Gasteiger partial charge in [0, 0.05) is 10.8 Å². The van der Waals surface area contributed by atoms with Crippen LogP contribution in [0, 0.1) is 0 Å². The van der Waals surface area contributed by atoms with Crippen LogP contribution in [0.4, 0.5) is 0 Å². The lowest BCUT2D eigenvalue weighted by Crippen LogP contribution is -2.26. The topological polar surface area (TPSA) is 13.1 Å². The van der Waals surface area contributed by atoms with Crippen molar-refractivity contribution in [2.45, 2.75) is 5.41 Å². The van der Waals surface area contributed by atoms with Gasteiger partial charge in [-0.25, -0.2) is 0 Å². The molecule has 1 heteroatoms. The van der Waals surface area contributed by atoms with Crippen molar-refractivity contribution in [3.05, 3.63) is 180 Å². The normalized spacial score (nSPS) is 16.0. The highest BCUT2D eigenvalue weighted by Crippen LogP contribution is 2.67. The summed E-state index contributed by atoms with van der Waals surface area (Å²) in [6, 6.07) is 58.8. The van der Waals surface area contributed by atoms with E-state index in [0.717, 1.165) is 21.9 Å². The Kier molecular flexibility index (Phi) is 4.47. The Morgan fingerprint density at radius 3 is 1.83 bits per heavy atom. The molecule has 1 aromatic heterocycles. The molecule has 12 rings (SSSR count). The Bertz CT molecular complexity index is 2900. The number of hydrogen-bond donors (Lipinski definition) is 0. The monoisotopic (exact) mass is 606 g/mol. The zero-order chi connectivity index (χ0) is 31.1. The fourth-order valence-electron chi connectivity index (χ4n) is 9.69. The van der Waals surface area contributed by atoms with Gasteiger partial charge in [0.25, 0.3) is 0 Å². The van der Waals surface area contributed by atoms with E-state index in [4.69, 9.17) is 4.42 Å². The maximum atomic E-state index is 6.27. The molecule has 48 heavy (non-hydrogen) atoms. The van der Waals surface area contributed by atoms with Crippen LogP contribution in [0.3, 0.4) is 0 Å². The van der Waals surface area contributed by atoms with Crippen molar-refractivity contribution < 1.29 is 4.42 Å². The Morgan fingerprint density at radius 1 is 0.354 bits per heavy atom. The van der Waals surface area contributed by atoms with Crippen molar-refractivity contribution in [3.8, 4) is 55.6 Å². The van der Waals surface area contributed by atoms with E-state index in [-0.39, 0.29) is 0 Å². The van der Waals surface area contributed by atoms with E-state index in [9.17, 15) is 0 Å². The Hall–Kier alpha value is -6.18. The van der Waals surface area contributed by atoms with Gasteiger partial charge in [0.2, 0.25) is 0 Å². The zero-order valence-electron chi connectivity index (χ0n) is 25.9. The molecule has 220 valence electrons. The summed E-state index contributed by atoms with van der Waals surface area (Å²) in [5, 5.41) is 5.03. The van der Waals surface area contributed by atoms with Gasteiger partial charge in [-0.3, -0.25) is 0 Å². The maximum Gasteiger partial charge on any atom is 0.135 e. The molecule has 0 saturated carbocycles. The molecule has 3 aliphatic carbocycles. The summed E-state index contributed by atoms with van der Waals surface area (Å²) < 4.78 is 6.27. The van der Waals surface area contributed by atoms with Gasteiger partial charge in [-0.05, 0) is 113 Å². The first-order valence-corrected chi connectivity index (χ1v) is 16.8. The molecule has 1 unspecified atom stereocenters. The third-order valence-corrected chi connectivity index (χ3v) is 11.4. The second-order valence-corrected chi connectivity index (χ2v) is 13.5. The van der Waals surface area contributed by atoms with Gasteiger partial charge in [-0.1, -0.05) is 133 Å². The molecule has 0 amide bonds. The van der Waals surface area contributed by atoms with Crippen LogP contribution in [0.1, 0.15) is 22.3 Å². The molecule has 0 bridgehead atoms. The molecule has 0 saturated heterocycles. The number of para-hydroxylation sites is 1. The van der Waals surface area contributed by atoms with Crippen LogP contribution in [0.25, 0.3) is 88.3 Å². The molecule has 0 aliphatic heterocycles. The third-order valence-electron chi connectivity index (χ3n) is 11.4. The molecule has 3 aliphatic rings. The third kappa shape index (κ3) is 2.78. The van der Waals surface area contributed by atoms with Crippen LogP contribution < -0.4 is 0 Å². The van der Waals surface area contributed by atoms with Gasteiger partial charge in [-0.2, -0.15) is 0 Å². The van der Waals surface area contributed by atoms with Gasteiger partial charge in [0.15, 0.2) is 0 Å². The first-order chi connectivity index (χ1) is 23.8. The van der Waals surface area contributed by atoms with Gasteiger partial charge >= 0.3 is 0 Å². The lowest BCUT2D eigenvalue weighted by Gasteiger charge is -2.32. The second kappa shape index (κ2) is 8.59. The first kappa shape index (κ1) is 25.0. The Morgan fingerprint density at radius 2 is 0.958 bits per heavy atom. The molecule has 1 heterocycles. The number of benzene rings is 8. The van der Waals surface area contributed by atoms with E-state index in [2.05, 4.69) is 152 Å². The largest absolute Gasteiger partial charge is 0.456 e. The van der Waals surface area contributed by atoms with Crippen molar-refractivity contribution in [2.24, 2.45) is 0 Å². The molecule has 0 fully saturated rings. The van der Waals surface area contributed by atoms with Crippen LogP contribution in [0.5, 0.6) is 0 Å². The van der Waals surface area contributed by atoms with Crippen LogP contribution >= 0.6 is 0 Å². The fraction of sp³-hybridized carbons (Fsp3) is 0.0213. The van der Waals surface area contributed by atoms with Gasteiger partial charge in [0.05, 0.1) is 5.41 Å². The minimum atomic E-state index is -0.472. The molecule has 8 aromatic carbocycles. The molecule has 0 radical (unpaired) electrons. The average molecular weight is 607 g/mol. The summed E-state index contributed by atoms with van der Waals surface area (Å²) in [5.74, 6) is 0. The standard InChI is InChI=1S/C47H26O/c1-2-12-30-29(11-1)33-17-10-19-36-44(33)38(30)26-41-45(36)35-15-4-7-21-40(35)47(41)39-20-6-3-13-31(39)34-18-9-16-28(46(34)47)27-23-24-43-37(25-27)32-14-5-8-22-42(32)48-43/h1-26H. The molecule has 1 nitrogen and oxygen atoms in total. The lowest BCUT2D eigenvalue weighted by molar-refractivity contribution is 0.669. The van der Waals surface area contributed by atoms with Crippen LogP contribution in [0.2, 0.25) is 0 Å². The highest BCUT2D eigenvalue weighted by Gasteiger charge is 2.53. The molecule has 0 N–H and O–H groups in total. The van der Waals surface area contributed by atoms with Crippen molar-refractivity contribution in [3.63, 3.8) is 0 Å². The summed E-state index contributed by atoms with van der Waals surface area (Å²) >= 11 is 0. The maximum absolute atomic E-state index is 6.27. The van der Waals surface area contributed by atoms with E-state index in [1.54, 1.807) is 0 Å². The molecule has 1 atom stereocenters. The zero-order valence-corrected chi connectivity index (χ0v) is 25.9. The van der Waals surface area contributed by atoms with Gasteiger partial charge in [0.1, 0.15) is 11.2 Å². The van der Waals surface area contributed by atoms with E-state index < -0.39 is 5.41 Å². The SMILES string of the molecule is c1ccc2c(c1)-c1cccc3c4c(cc-2c13)C1(c2ccccc2-c2cccc(-c3ccc5oc6ccccc6c5c3)c21)c1ccccc1-4. The van der Waals surface area contributed by atoms with Crippen LogP contribution in [0.15, 0.2) is 162 Å². The van der Waals surface area contributed by atoms with Crippen LogP contribution in [-0.2, 0) is 5.41 Å². The van der Waals surface area contributed by atoms with E-state index >= 15 is 0 Å². The number of fused-ring (bicyclic) bond motifs is 17. The quantitative estimate of drug-likeness (QED) is 0.181. The predicted molar refractivity (Wildman–Crippen MR) is 197 cm³/mol. The summed E-state index contributed by atoms with van der Waals surface area (Å²) in [6.45, 7) is 0. The number of hydrogen-bond acceptors (Lipinski definition) is 1. The smallest absolute Gasteiger partial charge is 0.135 e. The molecule has 1 spiro atoms. The van der Waals surface area contributed by atoms with Crippen molar-refractivity contribution in [1.82, 2.24) is 0 Å². The summed E-state index contributed by atoms with van der Waals surface area (Å²) in [5.41, 5.74) is 20.0. The summed E-state index contributed by atoms with van der Waals surface area (Å²) in [6.07, 6.45) is 0. The number of furan rings is 1. The van der Waals surface area contributed by atoms with Gasteiger partial charge < -0.3 is 4.42 Å². The summed E-state index contributed by atoms with van der Waals surface area (Å²) in [7, 11) is 0. The first-order valence-electron chi connectivity index (χ1n) is 16.8. The lowest BCUT2D eigenvalue weighted by atomic mass is 9.68. The average Bonchev–Trinajstić information content (AvgIpc) is 3.86. The highest BCUT2D eigenvalue weighted by atomic mass is 16.3. The highest BCUT2D eigenvalue weighted by molar-refractivity contribution is 6.21. The molecular formula is C47H26O. The van der Waals surface area contributed by atoms with Crippen LogP contribution in [-0.4, -0.2) is 0 Å². The van der Waals surface area contributed by atoms with Crippen molar-refractivity contribution in [1.29, 1.82) is 0 Å². The Balaban J connectivity index is 1.26. The van der Waals surface area contributed by atoms with E-state index in [1.165, 1.54) is 88.7 Å².